The molecular formula is C90H108N2O4. The molecule has 1 aliphatic rings. The van der Waals surface area contributed by atoms with E-state index in [2.05, 4.69) is 261 Å². The Hall–Kier alpha value is -7.96. The smallest absolute Gasteiger partial charge is 0.266 e. The van der Waals surface area contributed by atoms with Gasteiger partial charge in [0.1, 0.15) is 23.0 Å². The highest BCUT2D eigenvalue weighted by atomic mass is 16.5. The number of para-hydroxylation sites is 1. The van der Waals surface area contributed by atoms with Crippen LogP contribution in [0.4, 0.5) is 22.7 Å². The standard InChI is InChI=1S/C90H108N2O4/c1-17-21-25-53-87(9,10)61-35-43-65(44-36-61)91(66-45-37-62(38-46-66)88(11,12)54-26-22-18-2)76-52-51-73-79-71(76)33-30-34-72(79)81-77(95-67-47-39-63(40-48-67)89(13,14)55-27-23-19-3)57-74-80-75(86(94)92(85(74)93)84-69(59(5)6)31-29-32-70(84)60(7)8)58-78(82(73)83(80)81)96-68-49-41-64(42-50-68)90(15,16)56-28-24-20-4/h29-52,57-60H,17-28,53-56H2,1-16H3. The van der Waals surface area contributed by atoms with Gasteiger partial charge in [-0.2, -0.15) is 0 Å². The van der Waals surface area contributed by atoms with Crippen molar-refractivity contribution in [3.8, 4) is 23.0 Å². The van der Waals surface area contributed by atoms with Crippen LogP contribution in [-0.4, -0.2) is 11.8 Å². The van der Waals surface area contributed by atoms with Crippen LogP contribution in [0, 0.1) is 0 Å². The van der Waals surface area contributed by atoms with Gasteiger partial charge >= 0.3 is 0 Å². The molecule has 0 aliphatic carbocycles. The molecule has 2 amide bonds. The van der Waals surface area contributed by atoms with Crippen molar-refractivity contribution in [3.63, 3.8) is 0 Å². The van der Waals surface area contributed by atoms with Gasteiger partial charge in [-0.1, -0.05) is 279 Å². The normalized spacial score (nSPS) is 13.2. The molecule has 502 valence electrons. The van der Waals surface area contributed by atoms with E-state index in [1.807, 2.05) is 12.1 Å². The Morgan fingerprint density at radius 3 is 1.08 bits per heavy atom. The molecule has 96 heavy (non-hydrogen) atoms. The molecule has 1 heterocycles. The van der Waals surface area contributed by atoms with Crippen molar-refractivity contribution in [1.29, 1.82) is 0 Å². The van der Waals surface area contributed by atoms with E-state index < -0.39 is 0 Å². The van der Waals surface area contributed by atoms with Crippen molar-refractivity contribution in [3.05, 3.63) is 202 Å². The average molecular weight is 1280 g/mol. The van der Waals surface area contributed by atoms with Crippen molar-refractivity contribution in [1.82, 2.24) is 0 Å². The van der Waals surface area contributed by atoms with E-state index in [4.69, 9.17) is 9.47 Å². The second-order valence-corrected chi connectivity index (χ2v) is 31.3. The maximum Gasteiger partial charge on any atom is 0.266 e. The lowest BCUT2D eigenvalue weighted by atomic mass is 9.79. The molecule has 0 N–H and O–H groups in total. The first-order valence-corrected chi connectivity index (χ1v) is 36.8. The molecule has 10 aromatic carbocycles. The van der Waals surface area contributed by atoms with Crippen molar-refractivity contribution < 1.29 is 19.1 Å². The second-order valence-electron chi connectivity index (χ2n) is 31.3. The fourth-order valence-corrected chi connectivity index (χ4v) is 15.5. The molecule has 0 fully saturated rings. The molecule has 1 aliphatic heterocycles. The number of fused-ring (bicyclic) bond motifs is 2. The van der Waals surface area contributed by atoms with Crippen LogP contribution in [0.1, 0.15) is 279 Å². The topological polar surface area (TPSA) is 59.1 Å². The largest absolute Gasteiger partial charge is 0.457 e. The van der Waals surface area contributed by atoms with Crippen molar-refractivity contribution >= 4 is 77.7 Å². The molecule has 0 unspecified atom stereocenters. The van der Waals surface area contributed by atoms with Crippen LogP contribution in [0.3, 0.4) is 0 Å². The lowest BCUT2D eigenvalue weighted by molar-refractivity contribution is 0.0892. The van der Waals surface area contributed by atoms with Gasteiger partial charge in [-0.05, 0) is 175 Å². The lowest BCUT2D eigenvalue weighted by Crippen LogP contribution is -2.42. The molecule has 0 spiro atoms. The van der Waals surface area contributed by atoms with E-state index in [1.165, 1.54) is 91.4 Å². The molecule has 0 radical (unpaired) electrons. The third-order valence-electron chi connectivity index (χ3n) is 21.7. The van der Waals surface area contributed by atoms with Gasteiger partial charge in [0.25, 0.3) is 11.8 Å². The highest BCUT2D eigenvalue weighted by Gasteiger charge is 2.41. The Morgan fingerprint density at radius 1 is 0.375 bits per heavy atom. The first-order valence-electron chi connectivity index (χ1n) is 36.8. The molecule has 0 saturated carbocycles. The number of hydrogen-bond donors (Lipinski definition) is 0. The lowest BCUT2D eigenvalue weighted by Gasteiger charge is -2.34. The Bertz CT molecular complexity index is 4140. The minimum atomic E-state index is -0.374. The summed E-state index contributed by atoms with van der Waals surface area (Å²) in [6, 6.07) is 57.2. The number of amides is 2. The molecule has 11 rings (SSSR count). The summed E-state index contributed by atoms with van der Waals surface area (Å²) in [6.45, 7) is 36.5. The SMILES string of the molecule is CCCCCC(C)(C)c1ccc(Oc2cc3c4c(cc(Oc5ccc(C(C)(C)CCCCC)cc5)c5c6ccc(N(c7ccc(C(C)(C)CCCCC)cc7)c7ccc(C(C)(C)CCCCC)cc7)c7cccc(c2c45)c76)C(=O)N(c2c(C(C)C)cccc2C(C)C)C3=O)cc1. The Kier molecular flexibility index (Phi) is 20.7. The van der Waals surface area contributed by atoms with E-state index in [0.717, 1.165) is 104 Å². The fraction of sp³-hybridized carbons (Fsp3) is 0.422. The monoisotopic (exact) mass is 1280 g/mol. The maximum atomic E-state index is 16.2. The number of ether oxygens (including phenoxy) is 2. The average Bonchev–Trinajstić information content (AvgIpc) is 0.684. The summed E-state index contributed by atoms with van der Waals surface area (Å²) in [5.41, 5.74) is 11.7. The minimum absolute atomic E-state index is 0.0147. The van der Waals surface area contributed by atoms with Gasteiger partial charge in [0, 0.05) is 38.3 Å². The first-order chi connectivity index (χ1) is 45.9. The number of unbranched alkanes of at least 4 members (excludes halogenated alkanes) is 8. The molecule has 10 aromatic rings. The Morgan fingerprint density at radius 2 is 0.719 bits per heavy atom. The number of rotatable bonds is 30. The molecular weight excluding hydrogens is 1170 g/mol. The summed E-state index contributed by atoms with van der Waals surface area (Å²) in [5.74, 6) is 1.67. The Labute approximate surface area is 575 Å². The Balaban J connectivity index is 1.21. The van der Waals surface area contributed by atoms with Crippen LogP contribution in [0.5, 0.6) is 23.0 Å². The van der Waals surface area contributed by atoms with E-state index in [0.29, 0.717) is 45.2 Å². The van der Waals surface area contributed by atoms with Crippen LogP contribution in [-0.2, 0) is 21.7 Å². The van der Waals surface area contributed by atoms with Gasteiger partial charge in [-0.25, -0.2) is 4.90 Å². The van der Waals surface area contributed by atoms with Gasteiger partial charge in [-0.3, -0.25) is 9.59 Å². The summed E-state index contributed by atoms with van der Waals surface area (Å²) in [5, 5.41) is 6.98. The van der Waals surface area contributed by atoms with E-state index >= 15 is 9.59 Å². The predicted octanol–water partition coefficient (Wildman–Crippen LogP) is 27.3. The van der Waals surface area contributed by atoms with E-state index in [9.17, 15) is 0 Å². The fourth-order valence-electron chi connectivity index (χ4n) is 15.5. The molecule has 0 atom stereocenters. The third kappa shape index (κ3) is 13.7. The number of nitrogens with zero attached hydrogens (tertiary/aromatic N) is 2. The van der Waals surface area contributed by atoms with Gasteiger partial charge in [0.05, 0.1) is 22.5 Å². The summed E-state index contributed by atoms with van der Waals surface area (Å²) in [6.07, 6.45) is 18.7. The highest BCUT2D eigenvalue weighted by molar-refractivity contribution is 6.44. The summed E-state index contributed by atoms with van der Waals surface area (Å²) in [4.78, 5) is 36.4. The molecule has 6 nitrogen and oxygen atoms in total. The van der Waals surface area contributed by atoms with Gasteiger partial charge < -0.3 is 14.4 Å². The number of carbonyl (C=O) groups is 2. The summed E-state index contributed by atoms with van der Waals surface area (Å²) < 4.78 is 14.9. The maximum absolute atomic E-state index is 16.2. The summed E-state index contributed by atoms with van der Waals surface area (Å²) >= 11 is 0. The minimum Gasteiger partial charge on any atom is -0.457 e. The van der Waals surface area contributed by atoms with Crippen molar-refractivity contribution in [2.75, 3.05) is 9.80 Å². The highest BCUT2D eigenvalue weighted by Crippen LogP contribution is 2.55. The number of hydrogen-bond acceptors (Lipinski definition) is 5. The first kappa shape index (κ1) is 69.4. The molecule has 0 bridgehead atoms. The number of imide groups is 1. The zero-order valence-corrected chi connectivity index (χ0v) is 61.0. The number of anilines is 4. The van der Waals surface area contributed by atoms with Crippen molar-refractivity contribution in [2.45, 2.75) is 247 Å². The van der Waals surface area contributed by atoms with Gasteiger partial charge in [0.2, 0.25) is 0 Å². The van der Waals surface area contributed by atoms with Crippen LogP contribution >= 0.6 is 0 Å². The number of benzene rings is 10. The summed E-state index contributed by atoms with van der Waals surface area (Å²) in [7, 11) is 0. The van der Waals surface area contributed by atoms with Gasteiger partial charge in [-0.15, -0.1) is 0 Å². The molecule has 0 saturated heterocycles. The zero-order chi connectivity index (χ0) is 68.4. The molecule has 0 aromatic heterocycles. The second kappa shape index (κ2) is 28.6. The van der Waals surface area contributed by atoms with Crippen LogP contribution in [0.25, 0.3) is 43.1 Å². The van der Waals surface area contributed by atoms with Crippen LogP contribution < -0.4 is 19.3 Å². The van der Waals surface area contributed by atoms with E-state index in [1.54, 1.807) is 0 Å². The number of carbonyl (C=O) groups excluding carboxylic acids is 2. The predicted molar refractivity (Wildman–Crippen MR) is 410 cm³/mol. The van der Waals surface area contributed by atoms with Crippen LogP contribution in [0.15, 0.2) is 158 Å². The zero-order valence-electron chi connectivity index (χ0n) is 61.0. The van der Waals surface area contributed by atoms with Crippen LogP contribution in [0.2, 0.25) is 0 Å². The third-order valence-corrected chi connectivity index (χ3v) is 21.7. The van der Waals surface area contributed by atoms with Crippen molar-refractivity contribution in [2.24, 2.45) is 0 Å². The quantitative estimate of drug-likeness (QED) is 0.0194. The molecule has 6 heteroatoms. The van der Waals surface area contributed by atoms with Gasteiger partial charge in [0.15, 0.2) is 0 Å². The van der Waals surface area contributed by atoms with E-state index in [-0.39, 0.29) is 45.3 Å².